The molecule has 3 bridgehead atoms. The van der Waals surface area contributed by atoms with Crippen molar-refractivity contribution in [3.63, 3.8) is 0 Å². The SMILES string of the molecule is CC12CC3(C)C[C@]4(C1)C(C)(C2)C[C@]4(C)C3(C)N. The summed E-state index contributed by atoms with van der Waals surface area (Å²) in [6.45, 7) is 12.5. The molecular weight excluding hydrogens is 206 g/mol. The summed E-state index contributed by atoms with van der Waals surface area (Å²) in [5.74, 6) is 0. The molecule has 0 aromatic carbocycles. The van der Waals surface area contributed by atoms with Crippen molar-refractivity contribution in [1.29, 1.82) is 0 Å². The molecule has 0 aromatic rings. The maximum Gasteiger partial charge on any atom is 0.0240 e. The Kier molecular flexibility index (Phi) is 1.36. The first-order valence-corrected chi connectivity index (χ1v) is 7.32. The fourth-order valence-corrected chi connectivity index (χ4v) is 8.03. The van der Waals surface area contributed by atoms with E-state index in [0.717, 1.165) is 0 Å². The van der Waals surface area contributed by atoms with Crippen molar-refractivity contribution in [1.82, 2.24) is 0 Å². The van der Waals surface area contributed by atoms with Gasteiger partial charge in [0.05, 0.1) is 0 Å². The van der Waals surface area contributed by atoms with Crippen LogP contribution in [0.2, 0.25) is 0 Å². The Morgan fingerprint density at radius 2 is 1.29 bits per heavy atom. The van der Waals surface area contributed by atoms with Crippen molar-refractivity contribution in [3.8, 4) is 0 Å². The van der Waals surface area contributed by atoms with Crippen LogP contribution in [0.25, 0.3) is 0 Å². The molecule has 0 aromatic heterocycles. The predicted octanol–water partition coefficient (Wildman–Crippen LogP) is 3.72. The summed E-state index contributed by atoms with van der Waals surface area (Å²) in [6, 6.07) is 0. The third-order valence-corrected chi connectivity index (χ3v) is 8.41. The third kappa shape index (κ3) is 0.715. The second-order valence-electron chi connectivity index (χ2n) is 9.43. The second kappa shape index (κ2) is 2.13. The van der Waals surface area contributed by atoms with Gasteiger partial charge in [-0.15, -0.1) is 0 Å². The highest BCUT2D eigenvalue weighted by Gasteiger charge is 2.87. The molecule has 0 radical (unpaired) electrons. The molecule has 2 N–H and O–H groups in total. The van der Waals surface area contributed by atoms with Crippen LogP contribution in [0.4, 0.5) is 0 Å². The Labute approximate surface area is 106 Å². The van der Waals surface area contributed by atoms with E-state index in [2.05, 4.69) is 34.6 Å². The van der Waals surface area contributed by atoms with Crippen LogP contribution in [0, 0.1) is 27.1 Å². The highest BCUT2D eigenvalue weighted by Crippen LogP contribution is 2.92. The van der Waals surface area contributed by atoms with Gasteiger partial charge in [-0.05, 0) is 66.1 Å². The molecular formula is C16H27N. The molecule has 0 heterocycles. The van der Waals surface area contributed by atoms with Gasteiger partial charge in [-0.3, -0.25) is 0 Å². The number of fused-ring (bicyclic) bond motifs is 2. The molecule has 0 amide bonds. The van der Waals surface area contributed by atoms with Gasteiger partial charge in [-0.25, -0.2) is 0 Å². The molecule has 4 rings (SSSR count). The lowest BCUT2D eigenvalue weighted by atomic mass is 9.37. The molecule has 1 nitrogen and oxygen atoms in total. The topological polar surface area (TPSA) is 26.0 Å². The summed E-state index contributed by atoms with van der Waals surface area (Å²) in [6.07, 6.45) is 7.05. The Bertz CT molecular complexity index is 437. The van der Waals surface area contributed by atoms with Crippen LogP contribution in [0.15, 0.2) is 0 Å². The quantitative estimate of drug-likeness (QED) is 0.678. The number of nitrogens with two attached hydrogens (primary N) is 1. The highest BCUT2D eigenvalue weighted by molar-refractivity contribution is 5.38. The molecule has 96 valence electrons. The van der Waals surface area contributed by atoms with E-state index < -0.39 is 0 Å². The molecule has 17 heavy (non-hydrogen) atoms. The van der Waals surface area contributed by atoms with Gasteiger partial charge in [0.25, 0.3) is 0 Å². The zero-order chi connectivity index (χ0) is 12.5. The maximum absolute atomic E-state index is 6.91. The lowest BCUT2D eigenvalue weighted by Gasteiger charge is -2.68. The van der Waals surface area contributed by atoms with Crippen LogP contribution in [0.1, 0.15) is 66.7 Å². The smallest absolute Gasteiger partial charge is 0.0240 e. The standard InChI is InChI=1S/C16H27N/c1-11-6-12(2)10-16(8-11)13(3,7-11)9-14(16,4)15(12,5)17/h6-10,17H2,1-5H3/t11?,12?,13?,14-,15?,16-/m1/s1. The minimum Gasteiger partial charge on any atom is -0.324 e. The van der Waals surface area contributed by atoms with Crippen LogP contribution >= 0.6 is 0 Å². The molecule has 4 aliphatic carbocycles. The minimum atomic E-state index is 0.0394. The Balaban J connectivity index is 2.02. The first-order valence-electron chi connectivity index (χ1n) is 7.32. The average Bonchev–Trinajstić information content (AvgIpc) is 2.30. The second-order valence-corrected chi connectivity index (χ2v) is 9.43. The summed E-state index contributed by atoms with van der Waals surface area (Å²) < 4.78 is 0. The molecule has 4 unspecified atom stereocenters. The largest absolute Gasteiger partial charge is 0.324 e. The van der Waals surface area contributed by atoms with E-state index in [1.54, 1.807) is 0 Å². The Morgan fingerprint density at radius 3 is 1.94 bits per heavy atom. The van der Waals surface area contributed by atoms with Crippen molar-refractivity contribution in [2.24, 2.45) is 32.8 Å². The molecule has 4 aliphatic rings. The van der Waals surface area contributed by atoms with Crippen LogP contribution in [-0.4, -0.2) is 5.54 Å². The summed E-state index contributed by atoms with van der Waals surface area (Å²) >= 11 is 0. The number of hydrogen-bond donors (Lipinski definition) is 1. The van der Waals surface area contributed by atoms with Crippen molar-refractivity contribution < 1.29 is 0 Å². The van der Waals surface area contributed by atoms with Crippen LogP contribution in [0.3, 0.4) is 0 Å². The summed E-state index contributed by atoms with van der Waals surface area (Å²) in [5, 5.41) is 0. The van der Waals surface area contributed by atoms with Gasteiger partial charge in [0, 0.05) is 5.54 Å². The van der Waals surface area contributed by atoms with Gasteiger partial charge in [0.2, 0.25) is 0 Å². The summed E-state index contributed by atoms with van der Waals surface area (Å²) in [4.78, 5) is 0. The predicted molar refractivity (Wildman–Crippen MR) is 70.5 cm³/mol. The van der Waals surface area contributed by atoms with Gasteiger partial charge in [0.15, 0.2) is 0 Å². The van der Waals surface area contributed by atoms with E-state index in [4.69, 9.17) is 5.73 Å². The van der Waals surface area contributed by atoms with E-state index in [1.807, 2.05) is 0 Å². The average molecular weight is 233 g/mol. The lowest BCUT2D eigenvalue weighted by molar-refractivity contribution is -0.179. The molecule has 0 saturated heterocycles. The van der Waals surface area contributed by atoms with E-state index >= 15 is 0 Å². The zero-order valence-electron chi connectivity index (χ0n) is 12.1. The van der Waals surface area contributed by atoms with Gasteiger partial charge in [-0.1, -0.05) is 27.7 Å². The molecule has 4 fully saturated rings. The van der Waals surface area contributed by atoms with Crippen molar-refractivity contribution in [3.05, 3.63) is 0 Å². The van der Waals surface area contributed by atoms with E-state index in [1.165, 1.54) is 32.1 Å². The normalized spacial score (nSPS) is 75.9. The summed E-state index contributed by atoms with van der Waals surface area (Å²) in [7, 11) is 0. The number of hydrogen-bond acceptors (Lipinski definition) is 1. The first-order chi connectivity index (χ1) is 7.54. The van der Waals surface area contributed by atoms with Crippen molar-refractivity contribution in [2.45, 2.75) is 72.3 Å². The van der Waals surface area contributed by atoms with Gasteiger partial charge in [0.1, 0.15) is 0 Å². The van der Waals surface area contributed by atoms with Crippen LogP contribution < -0.4 is 5.73 Å². The zero-order valence-corrected chi connectivity index (χ0v) is 12.1. The van der Waals surface area contributed by atoms with E-state index in [-0.39, 0.29) is 5.54 Å². The fraction of sp³-hybridized carbons (Fsp3) is 1.00. The van der Waals surface area contributed by atoms with Gasteiger partial charge >= 0.3 is 0 Å². The third-order valence-electron chi connectivity index (χ3n) is 8.41. The molecule has 4 saturated carbocycles. The van der Waals surface area contributed by atoms with Gasteiger partial charge < -0.3 is 5.73 Å². The molecule has 1 spiro atoms. The minimum absolute atomic E-state index is 0.0394. The summed E-state index contributed by atoms with van der Waals surface area (Å²) in [5.41, 5.74) is 9.49. The molecule has 1 heteroatoms. The van der Waals surface area contributed by atoms with E-state index in [0.29, 0.717) is 27.1 Å². The number of rotatable bonds is 0. The van der Waals surface area contributed by atoms with E-state index in [9.17, 15) is 0 Å². The molecule has 0 aliphatic heterocycles. The van der Waals surface area contributed by atoms with Crippen LogP contribution in [-0.2, 0) is 0 Å². The molecule has 6 atom stereocenters. The van der Waals surface area contributed by atoms with Crippen molar-refractivity contribution >= 4 is 0 Å². The maximum atomic E-state index is 6.91. The first kappa shape index (κ1) is 10.8. The highest BCUT2D eigenvalue weighted by atomic mass is 15.0. The van der Waals surface area contributed by atoms with Gasteiger partial charge in [-0.2, -0.15) is 0 Å². The van der Waals surface area contributed by atoms with Crippen LogP contribution in [0.5, 0.6) is 0 Å². The fourth-order valence-electron chi connectivity index (χ4n) is 8.03. The lowest BCUT2D eigenvalue weighted by Crippen LogP contribution is -2.68. The monoisotopic (exact) mass is 233 g/mol. The Hall–Kier alpha value is -0.0400. The van der Waals surface area contributed by atoms with Crippen molar-refractivity contribution in [2.75, 3.05) is 0 Å². The Morgan fingerprint density at radius 1 is 0.706 bits per heavy atom.